The number of rotatable bonds is 3. The van der Waals surface area contributed by atoms with Gasteiger partial charge in [-0.25, -0.2) is 13.4 Å². The monoisotopic (exact) mass is 269 g/mol. The fourth-order valence-corrected chi connectivity index (χ4v) is 3.10. The second kappa shape index (κ2) is 5.24. The van der Waals surface area contributed by atoms with Gasteiger partial charge in [-0.15, -0.1) is 0 Å². The van der Waals surface area contributed by atoms with Crippen LogP contribution in [0, 0.1) is 0 Å². The molecule has 6 heteroatoms. The second-order valence-electron chi connectivity index (χ2n) is 4.82. The van der Waals surface area contributed by atoms with Crippen molar-refractivity contribution < 1.29 is 8.42 Å². The maximum Gasteiger partial charge on any atom is 0.179 e. The van der Waals surface area contributed by atoms with Gasteiger partial charge in [-0.1, -0.05) is 12.8 Å². The Bertz CT molecular complexity index is 516. The zero-order valence-electron chi connectivity index (χ0n) is 10.5. The zero-order valence-corrected chi connectivity index (χ0v) is 11.3. The molecule has 0 radical (unpaired) electrons. The number of sulfone groups is 1. The van der Waals surface area contributed by atoms with E-state index in [1.165, 1.54) is 6.26 Å². The maximum absolute atomic E-state index is 11.7. The van der Waals surface area contributed by atoms with E-state index in [0.717, 1.165) is 25.7 Å². The van der Waals surface area contributed by atoms with Crippen LogP contribution in [0.5, 0.6) is 0 Å². The van der Waals surface area contributed by atoms with E-state index in [1.54, 1.807) is 18.3 Å². The molecule has 2 unspecified atom stereocenters. The lowest BCUT2D eigenvalue weighted by Gasteiger charge is -2.30. The van der Waals surface area contributed by atoms with Gasteiger partial charge in [0.1, 0.15) is 10.7 Å². The summed E-state index contributed by atoms with van der Waals surface area (Å²) >= 11 is 0. The number of hydrogen-bond acceptors (Lipinski definition) is 5. The first kappa shape index (κ1) is 13.3. The van der Waals surface area contributed by atoms with Crippen molar-refractivity contribution in [2.45, 2.75) is 42.7 Å². The first-order valence-electron chi connectivity index (χ1n) is 6.15. The molecule has 0 saturated heterocycles. The summed E-state index contributed by atoms with van der Waals surface area (Å²) in [6.07, 6.45) is 6.97. The van der Waals surface area contributed by atoms with E-state index in [4.69, 9.17) is 5.73 Å². The highest BCUT2D eigenvalue weighted by Crippen LogP contribution is 2.24. The highest BCUT2D eigenvalue weighted by molar-refractivity contribution is 7.90. The molecule has 0 aromatic carbocycles. The lowest BCUT2D eigenvalue weighted by Crippen LogP contribution is -2.43. The number of anilines is 1. The van der Waals surface area contributed by atoms with E-state index in [9.17, 15) is 8.42 Å². The highest BCUT2D eigenvalue weighted by Gasteiger charge is 2.24. The molecule has 2 atom stereocenters. The Labute approximate surface area is 108 Å². The quantitative estimate of drug-likeness (QED) is 0.860. The van der Waals surface area contributed by atoms with Crippen molar-refractivity contribution in [3.05, 3.63) is 18.3 Å². The minimum absolute atomic E-state index is 0.0631. The van der Waals surface area contributed by atoms with Gasteiger partial charge in [0.05, 0.1) is 0 Å². The zero-order chi connectivity index (χ0) is 13.2. The van der Waals surface area contributed by atoms with Crippen molar-refractivity contribution >= 4 is 15.7 Å². The standard InChI is InChI=1S/C12H19N3O2S/c1-18(16,17)11-7-4-8-14-12(11)15-10-6-3-2-5-9(10)13/h4,7-10H,2-3,5-6,13H2,1H3,(H,14,15). The third kappa shape index (κ3) is 3.00. The summed E-state index contributed by atoms with van der Waals surface area (Å²) in [4.78, 5) is 4.37. The third-order valence-corrected chi connectivity index (χ3v) is 4.44. The minimum Gasteiger partial charge on any atom is -0.365 e. The lowest BCUT2D eigenvalue weighted by molar-refractivity contribution is 0.403. The predicted molar refractivity (Wildman–Crippen MR) is 71.2 cm³/mol. The Morgan fingerprint density at radius 2 is 2.11 bits per heavy atom. The van der Waals surface area contributed by atoms with Gasteiger partial charge >= 0.3 is 0 Å². The third-order valence-electron chi connectivity index (χ3n) is 3.31. The summed E-state index contributed by atoms with van der Waals surface area (Å²) in [5, 5.41) is 3.19. The van der Waals surface area contributed by atoms with Crippen LogP contribution in [0.2, 0.25) is 0 Å². The van der Waals surface area contributed by atoms with E-state index in [1.807, 2.05) is 0 Å². The maximum atomic E-state index is 11.7. The van der Waals surface area contributed by atoms with Gasteiger partial charge in [0.15, 0.2) is 9.84 Å². The summed E-state index contributed by atoms with van der Waals surface area (Å²) in [6.45, 7) is 0. The Morgan fingerprint density at radius 3 is 2.78 bits per heavy atom. The summed E-state index contributed by atoms with van der Waals surface area (Å²) in [5.41, 5.74) is 6.05. The van der Waals surface area contributed by atoms with E-state index >= 15 is 0 Å². The van der Waals surface area contributed by atoms with Crippen molar-refractivity contribution in [2.75, 3.05) is 11.6 Å². The summed E-state index contributed by atoms with van der Waals surface area (Å²) in [6, 6.07) is 3.36. The highest BCUT2D eigenvalue weighted by atomic mass is 32.2. The van der Waals surface area contributed by atoms with Crippen LogP contribution in [-0.4, -0.2) is 31.7 Å². The van der Waals surface area contributed by atoms with Crippen LogP contribution in [0.4, 0.5) is 5.82 Å². The lowest BCUT2D eigenvalue weighted by atomic mass is 9.91. The molecule has 100 valence electrons. The number of nitrogens with two attached hydrogens (primary N) is 1. The van der Waals surface area contributed by atoms with Crippen LogP contribution in [0.15, 0.2) is 23.2 Å². The Kier molecular flexibility index (Phi) is 3.87. The van der Waals surface area contributed by atoms with Crippen molar-refractivity contribution in [3.8, 4) is 0 Å². The fourth-order valence-electron chi connectivity index (χ4n) is 2.31. The average Bonchev–Trinajstić information content (AvgIpc) is 2.31. The van der Waals surface area contributed by atoms with E-state index in [-0.39, 0.29) is 17.0 Å². The number of pyridine rings is 1. The van der Waals surface area contributed by atoms with Gasteiger partial charge in [-0.3, -0.25) is 0 Å². The van der Waals surface area contributed by atoms with Crippen molar-refractivity contribution in [1.29, 1.82) is 0 Å². The molecule has 1 saturated carbocycles. The molecule has 5 nitrogen and oxygen atoms in total. The van der Waals surface area contributed by atoms with E-state index in [2.05, 4.69) is 10.3 Å². The summed E-state index contributed by atoms with van der Waals surface area (Å²) < 4.78 is 23.3. The molecule has 1 aliphatic rings. The van der Waals surface area contributed by atoms with E-state index < -0.39 is 9.84 Å². The van der Waals surface area contributed by atoms with Crippen LogP contribution >= 0.6 is 0 Å². The van der Waals surface area contributed by atoms with Crippen LogP contribution in [0.25, 0.3) is 0 Å². The molecule has 3 N–H and O–H groups in total. The first-order valence-corrected chi connectivity index (χ1v) is 8.05. The first-order chi connectivity index (χ1) is 8.48. The van der Waals surface area contributed by atoms with Crippen LogP contribution in [-0.2, 0) is 9.84 Å². The average molecular weight is 269 g/mol. The van der Waals surface area contributed by atoms with Gasteiger partial charge < -0.3 is 11.1 Å². The molecule has 0 aliphatic heterocycles. The number of aromatic nitrogens is 1. The summed E-state index contributed by atoms with van der Waals surface area (Å²) in [7, 11) is -3.27. The number of nitrogens with zero attached hydrogens (tertiary/aromatic N) is 1. The van der Waals surface area contributed by atoms with Crippen molar-refractivity contribution in [2.24, 2.45) is 5.73 Å². The van der Waals surface area contributed by atoms with Crippen molar-refractivity contribution in [3.63, 3.8) is 0 Å². The van der Waals surface area contributed by atoms with E-state index in [0.29, 0.717) is 5.82 Å². The molecular formula is C12H19N3O2S. The molecule has 1 aromatic heterocycles. The van der Waals surface area contributed by atoms with Gasteiger partial charge in [-0.2, -0.15) is 0 Å². The molecule has 0 bridgehead atoms. The Balaban J connectivity index is 2.24. The predicted octanol–water partition coefficient (Wildman–Crippen LogP) is 1.17. The van der Waals surface area contributed by atoms with Crippen LogP contribution in [0.1, 0.15) is 25.7 Å². The smallest absolute Gasteiger partial charge is 0.179 e. The Morgan fingerprint density at radius 1 is 1.39 bits per heavy atom. The molecular weight excluding hydrogens is 250 g/mol. The molecule has 18 heavy (non-hydrogen) atoms. The molecule has 1 aromatic rings. The minimum atomic E-state index is -3.27. The SMILES string of the molecule is CS(=O)(=O)c1cccnc1NC1CCCCC1N. The topological polar surface area (TPSA) is 85.1 Å². The van der Waals surface area contributed by atoms with Gasteiger partial charge in [0, 0.05) is 24.5 Å². The van der Waals surface area contributed by atoms with Crippen LogP contribution in [0.3, 0.4) is 0 Å². The fraction of sp³-hybridized carbons (Fsp3) is 0.583. The number of hydrogen-bond donors (Lipinski definition) is 2. The summed E-state index contributed by atoms with van der Waals surface area (Å²) in [5.74, 6) is 0.419. The Hall–Kier alpha value is -1.14. The van der Waals surface area contributed by atoms with Gasteiger partial charge in [-0.05, 0) is 25.0 Å². The second-order valence-corrected chi connectivity index (χ2v) is 6.81. The molecule has 1 heterocycles. The molecule has 2 rings (SSSR count). The van der Waals surface area contributed by atoms with Crippen LogP contribution < -0.4 is 11.1 Å². The van der Waals surface area contributed by atoms with Gasteiger partial charge in [0.2, 0.25) is 0 Å². The molecule has 0 spiro atoms. The normalized spacial score (nSPS) is 24.8. The molecule has 1 fully saturated rings. The largest absolute Gasteiger partial charge is 0.365 e. The molecule has 1 aliphatic carbocycles. The van der Waals surface area contributed by atoms with Gasteiger partial charge in [0.25, 0.3) is 0 Å². The number of nitrogens with one attached hydrogen (secondary N) is 1. The van der Waals surface area contributed by atoms with Crippen molar-refractivity contribution in [1.82, 2.24) is 4.98 Å². The molecule has 0 amide bonds.